The Morgan fingerprint density at radius 3 is 2.52 bits per heavy atom. The van der Waals surface area contributed by atoms with Gasteiger partial charge in [0.2, 0.25) is 0 Å². The van der Waals surface area contributed by atoms with E-state index in [2.05, 4.69) is 16.8 Å². The van der Waals surface area contributed by atoms with E-state index in [9.17, 15) is 4.39 Å². The highest BCUT2D eigenvalue weighted by molar-refractivity contribution is 6.33. The van der Waals surface area contributed by atoms with Crippen molar-refractivity contribution in [1.29, 1.82) is 0 Å². The summed E-state index contributed by atoms with van der Waals surface area (Å²) in [5, 5.41) is 0.302. The van der Waals surface area contributed by atoms with Crippen LogP contribution in [-0.4, -0.2) is 9.97 Å². The van der Waals surface area contributed by atoms with Crippen LogP contribution in [0, 0.1) is 17.7 Å². The Labute approximate surface area is 184 Å². The predicted octanol–water partition coefficient (Wildman–Crippen LogP) is 6.56. The van der Waals surface area contributed by atoms with E-state index < -0.39 is 11.4 Å². The Hall–Kier alpha value is -3.55. The highest BCUT2D eigenvalue weighted by Gasteiger charge is 2.36. The number of hydrogen-bond donors (Lipinski definition) is 1. The lowest BCUT2D eigenvalue weighted by molar-refractivity contribution is 0.101. The summed E-state index contributed by atoms with van der Waals surface area (Å²) < 4.78 is 20.8. The van der Waals surface area contributed by atoms with Crippen LogP contribution in [0.4, 0.5) is 4.39 Å². The molecule has 4 aromatic rings. The van der Waals surface area contributed by atoms with Gasteiger partial charge in [0.15, 0.2) is 0 Å². The monoisotopic (exact) mass is 428 g/mol. The van der Waals surface area contributed by atoms with Crippen LogP contribution in [0.1, 0.15) is 30.7 Å². The summed E-state index contributed by atoms with van der Waals surface area (Å²) in [6.07, 6.45) is 0. The van der Waals surface area contributed by atoms with Gasteiger partial charge in [-0.2, -0.15) is 0 Å². The number of halogens is 2. The molecule has 1 aromatic heterocycles. The summed E-state index contributed by atoms with van der Waals surface area (Å²) in [6, 6.07) is 20.2. The Balaban J connectivity index is 1.60. The minimum Gasteiger partial charge on any atom is -0.481 e. The first kappa shape index (κ1) is 19.4. The molecule has 5 rings (SSSR count). The molecule has 0 saturated heterocycles. The molecule has 0 atom stereocenters. The number of benzene rings is 3. The number of aromatic amines is 1. The second-order valence-electron chi connectivity index (χ2n) is 7.85. The molecule has 0 unspecified atom stereocenters. The van der Waals surface area contributed by atoms with E-state index in [1.54, 1.807) is 12.1 Å². The summed E-state index contributed by atoms with van der Waals surface area (Å²) in [5.74, 6) is 6.99. The molecule has 0 bridgehead atoms. The number of nitrogens with one attached hydrogen (secondary N) is 1. The average Bonchev–Trinajstić information content (AvgIpc) is 3.19. The Bertz CT molecular complexity index is 1340. The van der Waals surface area contributed by atoms with Crippen LogP contribution in [0.15, 0.2) is 66.7 Å². The highest BCUT2D eigenvalue weighted by atomic mass is 35.5. The van der Waals surface area contributed by atoms with E-state index in [0.29, 0.717) is 16.6 Å². The molecule has 0 radical (unpaired) electrons. The van der Waals surface area contributed by atoms with Crippen LogP contribution in [0.2, 0.25) is 5.02 Å². The van der Waals surface area contributed by atoms with Gasteiger partial charge in [0.25, 0.3) is 0 Å². The summed E-state index contributed by atoms with van der Waals surface area (Å²) in [6.45, 7) is 3.89. The predicted molar refractivity (Wildman–Crippen MR) is 121 cm³/mol. The number of aromatic nitrogens is 2. The molecule has 0 amide bonds. The summed E-state index contributed by atoms with van der Waals surface area (Å²) in [7, 11) is 0. The van der Waals surface area contributed by atoms with Gasteiger partial charge in [-0.15, -0.1) is 0 Å². The Morgan fingerprint density at radius 2 is 1.74 bits per heavy atom. The van der Waals surface area contributed by atoms with Crippen molar-refractivity contribution >= 4 is 11.6 Å². The number of fused-ring (bicyclic) bond motifs is 3. The van der Waals surface area contributed by atoms with Crippen molar-refractivity contribution in [2.45, 2.75) is 19.4 Å². The molecule has 0 spiro atoms. The molecule has 0 aliphatic carbocycles. The maximum atomic E-state index is 14.5. The van der Waals surface area contributed by atoms with Crippen molar-refractivity contribution in [2.75, 3.05) is 0 Å². The van der Waals surface area contributed by atoms with Gasteiger partial charge in [-0.3, -0.25) is 0 Å². The molecule has 1 aliphatic heterocycles. The van der Waals surface area contributed by atoms with Crippen LogP contribution >= 0.6 is 11.6 Å². The molecule has 152 valence electrons. The van der Waals surface area contributed by atoms with E-state index in [4.69, 9.17) is 21.3 Å². The lowest BCUT2D eigenvalue weighted by Gasteiger charge is -2.31. The minimum absolute atomic E-state index is 0.251. The smallest absolute Gasteiger partial charge is 0.145 e. The zero-order valence-corrected chi connectivity index (χ0v) is 17.7. The third-order valence-electron chi connectivity index (χ3n) is 5.23. The lowest BCUT2D eigenvalue weighted by Crippen LogP contribution is -2.29. The van der Waals surface area contributed by atoms with E-state index in [1.165, 1.54) is 6.07 Å². The molecule has 5 heteroatoms. The van der Waals surface area contributed by atoms with E-state index in [-0.39, 0.29) is 5.56 Å². The molecular weight excluding hydrogens is 411 g/mol. The van der Waals surface area contributed by atoms with Crippen molar-refractivity contribution in [1.82, 2.24) is 9.97 Å². The molecule has 1 aliphatic rings. The quantitative estimate of drug-likeness (QED) is 0.348. The standard InChI is InChI=1S/C26H18ClFN2O/c1-26(2)24-23(29-25(30-24)22-19(27)9-6-10-20(22)28)18-14-13-17(15-21(18)31-26)12-11-16-7-4-3-5-8-16/h3-10,13-15H,1-2H3,(H,29,30). The van der Waals surface area contributed by atoms with Gasteiger partial charge in [-0.25, -0.2) is 9.37 Å². The van der Waals surface area contributed by atoms with E-state index in [1.807, 2.05) is 62.4 Å². The van der Waals surface area contributed by atoms with Gasteiger partial charge >= 0.3 is 0 Å². The van der Waals surface area contributed by atoms with Crippen LogP contribution in [0.25, 0.3) is 22.6 Å². The largest absolute Gasteiger partial charge is 0.481 e. The van der Waals surface area contributed by atoms with E-state index >= 15 is 0 Å². The van der Waals surface area contributed by atoms with Crippen molar-refractivity contribution < 1.29 is 9.13 Å². The first-order valence-corrected chi connectivity index (χ1v) is 10.3. The highest BCUT2D eigenvalue weighted by Crippen LogP contribution is 2.45. The zero-order valence-electron chi connectivity index (χ0n) is 17.0. The second-order valence-corrected chi connectivity index (χ2v) is 8.25. The van der Waals surface area contributed by atoms with Crippen LogP contribution in [-0.2, 0) is 5.60 Å². The molecule has 2 heterocycles. The third-order valence-corrected chi connectivity index (χ3v) is 5.55. The fourth-order valence-electron chi connectivity index (χ4n) is 3.72. The van der Waals surface area contributed by atoms with Gasteiger partial charge < -0.3 is 9.72 Å². The maximum absolute atomic E-state index is 14.5. The number of rotatable bonds is 1. The number of ether oxygens (including phenoxy) is 1. The minimum atomic E-state index is -0.684. The molecule has 31 heavy (non-hydrogen) atoms. The topological polar surface area (TPSA) is 37.9 Å². The molecule has 3 nitrogen and oxygen atoms in total. The van der Waals surface area contributed by atoms with Gasteiger partial charge in [0, 0.05) is 16.7 Å². The molecule has 0 saturated carbocycles. The van der Waals surface area contributed by atoms with Gasteiger partial charge in [0.1, 0.15) is 23.0 Å². The maximum Gasteiger partial charge on any atom is 0.145 e. The second kappa shape index (κ2) is 7.30. The summed E-state index contributed by atoms with van der Waals surface area (Å²) in [5.41, 5.74) is 3.69. The first-order valence-electron chi connectivity index (χ1n) is 9.88. The fraction of sp³-hybridized carbons (Fsp3) is 0.115. The Morgan fingerprint density at radius 1 is 0.968 bits per heavy atom. The SMILES string of the molecule is CC1(C)Oc2cc(C#Cc3ccccc3)ccc2-c2nc(-c3c(F)cccc3Cl)[nH]c21. The van der Waals surface area contributed by atoms with Gasteiger partial charge in [-0.05, 0) is 56.3 Å². The molecule has 3 aromatic carbocycles. The summed E-state index contributed by atoms with van der Waals surface area (Å²) in [4.78, 5) is 7.94. The Kier molecular flexibility index (Phi) is 4.57. The number of nitrogens with zero attached hydrogens (tertiary/aromatic N) is 1. The molecule has 1 N–H and O–H groups in total. The third kappa shape index (κ3) is 3.48. The van der Waals surface area contributed by atoms with E-state index in [0.717, 1.165) is 28.1 Å². The van der Waals surface area contributed by atoms with Crippen molar-refractivity contribution in [2.24, 2.45) is 0 Å². The number of hydrogen-bond acceptors (Lipinski definition) is 2. The van der Waals surface area contributed by atoms with Crippen molar-refractivity contribution in [3.05, 3.63) is 94.4 Å². The van der Waals surface area contributed by atoms with Gasteiger partial charge in [0.05, 0.1) is 22.0 Å². The summed E-state index contributed by atoms with van der Waals surface area (Å²) >= 11 is 6.26. The first-order chi connectivity index (χ1) is 14.9. The van der Waals surface area contributed by atoms with Crippen LogP contribution in [0.3, 0.4) is 0 Å². The van der Waals surface area contributed by atoms with Crippen molar-refractivity contribution in [3.8, 4) is 40.2 Å². The number of H-pyrrole nitrogens is 1. The zero-order chi connectivity index (χ0) is 21.6. The van der Waals surface area contributed by atoms with Gasteiger partial charge in [-0.1, -0.05) is 47.7 Å². The molecule has 0 fully saturated rings. The lowest BCUT2D eigenvalue weighted by atomic mass is 9.94. The fourth-order valence-corrected chi connectivity index (χ4v) is 3.97. The van der Waals surface area contributed by atoms with Crippen molar-refractivity contribution in [3.63, 3.8) is 0 Å². The molecular formula is C26H18ClFN2O. The van der Waals surface area contributed by atoms with Crippen LogP contribution in [0.5, 0.6) is 5.75 Å². The average molecular weight is 429 g/mol. The van der Waals surface area contributed by atoms with Crippen LogP contribution < -0.4 is 4.74 Å². The normalized spacial score (nSPS) is 13.4. The number of imidazole rings is 1.